The van der Waals surface area contributed by atoms with Crippen molar-refractivity contribution < 1.29 is 5.11 Å². The molecule has 0 saturated heterocycles. The number of hydrogen-bond acceptors (Lipinski definition) is 3. The zero-order valence-electron chi connectivity index (χ0n) is 8.95. The topological polar surface area (TPSA) is 33.1 Å². The van der Waals surface area contributed by atoms with Gasteiger partial charge in [0.25, 0.3) is 0 Å². The average Bonchev–Trinajstić information content (AvgIpc) is 2.77. The second kappa shape index (κ2) is 3.31. The number of thiazole rings is 1. The van der Waals surface area contributed by atoms with Crippen LogP contribution in [0.5, 0.6) is 0 Å². The zero-order valence-corrected chi connectivity index (χ0v) is 9.77. The summed E-state index contributed by atoms with van der Waals surface area (Å²) in [6, 6.07) is 0. The fraction of sp³-hybridized carbons (Fsp3) is 0.727. The van der Waals surface area contributed by atoms with Crippen LogP contribution in [-0.4, -0.2) is 16.2 Å². The predicted octanol–water partition coefficient (Wildman–Crippen LogP) is 2.68. The van der Waals surface area contributed by atoms with Crippen LogP contribution in [0, 0.1) is 0 Å². The summed E-state index contributed by atoms with van der Waals surface area (Å²) in [7, 11) is 0. The van der Waals surface area contributed by atoms with Gasteiger partial charge >= 0.3 is 0 Å². The summed E-state index contributed by atoms with van der Waals surface area (Å²) < 4.78 is 0. The summed E-state index contributed by atoms with van der Waals surface area (Å²) >= 11 is 1.72. The Labute approximate surface area is 89.0 Å². The molecule has 1 aliphatic rings. The molecule has 78 valence electrons. The number of rotatable bonds is 3. The normalized spacial score (nSPS) is 21.2. The molecule has 3 heteroatoms. The quantitative estimate of drug-likeness (QED) is 0.834. The van der Waals surface area contributed by atoms with E-state index in [-0.39, 0.29) is 11.5 Å². The fourth-order valence-electron chi connectivity index (χ4n) is 1.80. The van der Waals surface area contributed by atoms with Gasteiger partial charge in [-0.25, -0.2) is 4.98 Å². The molecular formula is C11H17NOS. The Kier molecular flexibility index (Phi) is 2.40. The van der Waals surface area contributed by atoms with Gasteiger partial charge in [-0.1, -0.05) is 13.8 Å². The molecule has 0 aromatic carbocycles. The number of aromatic nitrogens is 1. The number of aliphatic hydroxyl groups excluding tert-OH is 1. The van der Waals surface area contributed by atoms with E-state index < -0.39 is 0 Å². The molecule has 0 radical (unpaired) electrons. The first-order chi connectivity index (χ1) is 6.56. The Morgan fingerprint density at radius 2 is 2.07 bits per heavy atom. The van der Waals surface area contributed by atoms with Gasteiger partial charge in [-0.15, -0.1) is 11.3 Å². The largest absolute Gasteiger partial charge is 0.392 e. The third-order valence-corrected chi connectivity index (χ3v) is 4.26. The highest BCUT2D eigenvalue weighted by molar-refractivity contribution is 7.09. The standard InChI is InChI=1S/C11H17NOS/c1-7(2)10-12-9(6-14-10)11(4-5-11)8(3)13/h6-8,13H,4-5H2,1-3H3. The van der Waals surface area contributed by atoms with Crippen molar-refractivity contribution in [3.63, 3.8) is 0 Å². The predicted molar refractivity (Wildman–Crippen MR) is 58.8 cm³/mol. The monoisotopic (exact) mass is 211 g/mol. The maximum Gasteiger partial charge on any atom is 0.0953 e. The van der Waals surface area contributed by atoms with Crippen LogP contribution in [0.25, 0.3) is 0 Å². The van der Waals surface area contributed by atoms with Crippen LogP contribution in [0.15, 0.2) is 5.38 Å². The van der Waals surface area contributed by atoms with Crippen LogP contribution in [0.2, 0.25) is 0 Å². The highest BCUT2D eigenvalue weighted by atomic mass is 32.1. The molecule has 0 aliphatic heterocycles. The van der Waals surface area contributed by atoms with E-state index in [1.165, 1.54) is 5.01 Å². The molecule has 1 saturated carbocycles. The van der Waals surface area contributed by atoms with Crippen molar-refractivity contribution in [2.45, 2.75) is 51.0 Å². The molecular weight excluding hydrogens is 194 g/mol. The molecule has 1 heterocycles. The first-order valence-electron chi connectivity index (χ1n) is 5.20. The second-order valence-electron chi connectivity index (χ2n) is 4.56. The summed E-state index contributed by atoms with van der Waals surface area (Å²) in [5.74, 6) is 0.499. The smallest absolute Gasteiger partial charge is 0.0953 e. The van der Waals surface area contributed by atoms with E-state index in [1.54, 1.807) is 11.3 Å². The van der Waals surface area contributed by atoms with Crippen molar-refractivity contribution in [2.75, 3.05) is 0 Å². The molecule has 1 fully saturated rings. The Bertz CT molecular complexity index is 326. The van der Waals surface area contributed by atoms with Gasteiger partial charge in [0.2, 0.25) is 0 Å². The van der Waals surface area contributed by atoms with Gasteiger partial charge in [-0.3, -0.25) is 0 Å². The summed E-state index contributed by atoms with van der Waals surface area (Å²) in [4.78, 5) is 4.62. The van der Waals surface area contributed by atoms with Crippen LogP contribution in [0.1, 0.15) is 50.2 Å². The Hall–Kier alpha value is -0.410. The molecule has 0 bridgehead atoms. The molecule has 2 rings (SSSR count). The van der Waals surface area contributed by atoms with Gasteiger partial charge in [0, 0.05) is 16.7 Å². The van der Waals surface area contributed by atoms with E-state index in [0.29, 0.717) is 5.92 Å². The molecule has 1 aliphatic carbocycles. The third kappa shape index (κ3) is 1.48. The van der Waals surface area contributed by atoms with Crippen molar-refractivity contribution in [1.29, 1.82) is 0 Å². The van der Waals surface area contributed by atoms with E-state index in [4.69, 9.17) is 0 Å². The molecule has 0 spiro atoms. The average molecular weight is 211 g/mol. The molecule has 1 N–H and O–H groups in total. The van der Waals surface area contributed by atoms with E-state index in [9.17, 15) is 5.11 Å². The van der Waals surface area contributed by atoms with Crippen LogP contribution in [0.4, 0.5) is 0 Å². The Balaban J connectivity index is 2.25. The van der Waals surface area contributed by atoms with Gasteiger partial charge in [0.05, 0.1) is 16.8 Å². The highest BCUT2D eigenvalue weighted by Gasteiger charge is 2.50. The molecule has 14 heavy (non-hydrogen) atoms. The SMILES string of the molecule is CC(C)c1nc(C2(C(C)O)CC2)cs1. The number of hydrogen-bond donors (Lipinski definition) is 1. The van der Waals surface area contributed by atoms with Gasteiger partial charge in [-0.05, 0) is 19.8 Å². The third-order valence-electron chi connectivity index (χ3n) is 3.11. The van der Waals surface area contributed by atoms with Gasteiger partial charge in [-0.2, -0.15) is 0 Å². The minimum atomic E-state index is -0.260. The molecule has 1 aromatic heterocycles. The number of nitrogens with zero attached hydrogens (tertiary/aromatic N) is 1. The van der Waals surface area contributed by atoms with E-state index in [2.05, 4.69) is 24.2 Å². The first-order valence-corrected chi connectivity index (χ1v) is 6.08. The van der Waals surface area contributed by atoms with E-state index in [1.807, 2.05) is 6.92 Å². The summed E-state index contributed by atoms with van der Waals surface area (Å²) in [6.07, 6.45) is 1.92. The maximum atomic E-state index is 9.71. The molecule has 1 atom stereocenters. The highest BCUT2D eigenvalue weighted by Crippen LogP contribution is 2.51. The number of aliphatic hydroxyl groups is 1. The summed E-state index contributed by atoms with van der Waals surface area (Å²) in [5, 5.41) is 13.0. The van der Waals surface area contributed by atoms with Crippen molar-refractivity contribution in [2.24, 2.45) is 0 Å². The molecule has 1 aromatic rings. The lowest BCUT2D eigenvalue weighted by molar-refractivity contribution is 0.149. The van der Waals surface area contributed by atoms with Gasteiger partial charge < -0.3 is 5.11 Å². The van der Waals surface area contributed by atoms with E-state index in [0.717, 1.165) is 18.5 Å². The van der Waals surface area contributed by atoms with Crippen molar-refractivity contribution in [1.82, 2.24) is 4.98 Å². The molecule has 2 nitrogen and oxygen atoms in total. The van der Waals surface area contributed by atoms with Crippen LogP contribution >= 0.6 is 11.3 Å². The summed E-state index contributed by atoms with van der Waals surface area (Å²) in [5.41, 5.74) is 1.12. The van der Waals surface area contributed by atoms with Crippen molar-refractivity contribution in [3.8, 4) is 0 Å². The Morgan fingerprint density at radius 1 is 1.43 bits per heavy atom. The van der Waals surface area contributed by atoms with Crippen LogP contribution in [0.3, 0.4) is 0 Å². The van der Waals surface area contributed by atoms with Crippen LogP contribution < -0.4 is 0 Å². The van der Waals surface area contributed by atoms with Crippen molar-refractivity contribution >= 4 is 11.3 Å². The van der Waals surface area contributed by atoms with E-state index >= 15 is 0 Å². The zero-order chi connectivity index (χ0) is 10.3. The lowest BCUT2D eigenvalue weighted by Gasteiger charge is -2.15. The Morgan fingerprint density at radius 3 is 2.43 bits per heavy atom. The minimum absolute atomic E-state index is 0.00361. The maximum absolute atomic E-state index is 9.71. The lowest BCUT2D eigenvalue weighted by atomic mass is 9.97. The van der Waals surface area contributed by atoms with Crippen LogP contribution in [-0.2, 0) is 5.41 Å². The fourth-order valence-corrected chi connectivity index (χ4v) is 2.75. The first kappa shape index (κ1) is 10.1. The lowest BCUT2D eigenvalue weighted by Crippen LogP contribution is -2.22. The molecule has 1 unspecified atom stereocenters. The summed E-state index contributed by atoms with van der Waals surface area (Å²) in [6.45, 7) is 6.19. The van der Waals surface area contributed by atoms with Crippen molar-refractivity contribution in [3.05, 3.63) is 16.1 Å². The van der Waals surface area contributed by atoms with Gasteiger partial charge in [0.15, 0.2) is 0 Å². The minimum Gasteiger partial charge on any atom is -0.392 e. The second-order valence-corrected chi connectivity index (χ2v) is 5.45. The van der Waals surface area contributed by atoms with Gasteiger partial charge in [0.1, 0.15) is 0 Å². The molecule has 0 amide bonds.